The quantitative estimate of drug-likeness (QED) is 0.756. The van der Waals surface area contributed by atoms with Crippen LogP contribution in [0.3, 0.4) is 0 Å². The molecule has 0 saturated carbocycles. The molecule has 0 aromatic heterocycles. The highest BCUT2D eigenvalue weighted by atomic mass is 79.9. The third-order valence-corrected chi connectivity index (χ3v) is 5.26. The number of carbonyl (C=O) groups excluding carboxylic acids is 2. The lowest BCUT2D eigenvalue weighted by Crippen LogP contribution is -2.47. The first-order chi connectivity index (χ1) is 12.7. The van der Waals surface area contributed by atoms with Gasteiger partial charge in [-0.2, -0.15) is 0 Å². The molecule has 2 aliphatic rings. The molecule has 0 aliphatic carbocycles. The molecular weight excluding hydrogens is 412 g/mol. The van der Waals surface area contributed by atoms with Gasteiger partial charge in [-0.25, -0.2) is 4.79 Å². The van der Waals surface area contributed by atoms with Crippen LogP contribution in [0.15, 0.2) is 22.7 Å². The van der Waals surface area contributed by atoms with Gasteiger partial charge in [0, 0.05) is 29.5 Å². The molecule has 2 aliphatic heterocycles. The van der Waals surface area contributed by atoms with Gasteiger partial charge in [0.1, 0.15) is 11.4 Å². The summed E-state index contributed by atoms with van der Waals surface area (Å²) in [6.07, 6.45) is 1.96. The van der Waals surface area contributed by atoms with Crippen molar-refractivity contribution in [3.63, 3.8) is 0 Å². The van der Waals surface area contributed by atoms with E-state index in [0.29, 0.717) is 19.7 Å². The fourth-order valence-electron chi connectivity index (χ4n) is 3.49. The fraction of sp³-hybridized carbons (Fsp3) is 0.600. The summed E-state index contributed by atoms with van der Waals surface area (Å²) in [5, 5.41) is 3.16. The van der Waals surface area contributed by atoms with Crippen molar-refractivity contribution in [3.8, 4) is 5.75 Å². The van der Waals surface area contributed by atoms with Crippen molar-refractivity contribution >= 4 is 27.9 Å². The lowest BCUT2D eigenvalue weighted by Gasteiger charge is -2.34. The SMILES string of the molecule is CC(C)(C)OC(=O)N1CCCC(C(=O)NC2CCOc3ccc(Br)cc32)C1. The summed E-state index contributed by atoms with van der Waals surface area (Å²) in [6, 6.07) is 5.77. The van der Waals surface area contributed by atoms with E-state index in [0.717, 1.165) is 35.0 Å². The average molecular weight is 439 g/mol. The molecule has 0 bridgehead atoms. The van der Waals surface area contributed by atoms with Gasteiger partial charge >= 0.3 is 6.09 Å². The summed E-state index contributed by atoms with van der Waals surface area (Å²) < 4.78 is 12.1. The van der Waals surface area contributed by atoms with E-state index in [1.54, 1.807) is 4.90 Å². The van der Waals surface area contributed by atoms with Crippen molar-refractivity contribution < 1.29 is 19.1 Å². The summed E-state index contributed by atoms with van der Waals surface area (Å²) in [5.74, 6) is 0.583. The van der Waals surface area contributed by atoms with E-state index in [9.17, 15) is 9.59 Å². The number of likely N-dealkylation sites (tertiary alicyclic amines) is 1. The number of halogens is 1. The average Bonchev–Trinajstić information content (AvgIpc) is 2.61. The second-order valence-electron chi connectivity index (χ2n) is 8.15. The van der Waals surface area contributed by atoms with Gasteiger partial charge < -0.3 is 19.7 Å². The van der Waals surface area contributed by atoms with Crippen LogP contribution in [0.5, 0.6) is 5.75 Å². The van der Waals surface area contributed by atoms with Gasteiger partial charge in [-0.05, 0) is 51.8 Å². The van der Waals surface area contributed by atoms with E-state index in [2.05, 4.69) is 21.2 Å². The number of nitrogens with one attached hydrogen (secondary N) is 1. The Morgan fingerprint density at radius 1 is 1.30 bits per heavy atom. The maximum atomic E-state index is 12.9. The Morgan fingerprint density at radius 2 is 2.07 bits per heavy atom. The van der Waals surface area contributed by atoms with Crippen LogP contribution in [0.25, 0.3) is 0 Å². The molecule has 7 heteroatoms. The highest BCUT2D eigenvalue weighted by Crippen LogP contribution is 2.34. The highest BCUT2D eigenvalue weighted by Gasteiger charge is 2.33. The standard InChI is InChI=1S/C20H27BrN2O4/c1-20(2,3)27-19(25)23-9-4-5-13(12-23)18(24)22-16-8-10-26-17-7-6-14(21)11-15(16)17/h6-7,11,13,16H,4-5,8-10,12H2,1-3H3,(H,22,24). The first-order valence-electron chi connectivity index (χ1n) is 9.43. The molecule has 1 N–H and O–H groups in total. The van der Waals surface area contributed by atoms with Crippen LogP contribution in [0.1, 0.15) is 51.6 Å². The van der Waals surface area contributed by atoms with Gasteiger partial charge in [-0.1, -0.05) is 15.9 Å². The summed E-state index contributed by atoms with van der Waals surface area (Å²) >= 11 is 3.48. The van der Waals surface area contributed by atoms with Gasteiger partial charge in [0.05, 0.1) is 18.6 Å². The Balaban J connectivity index is 1.63. The number of carbonyl (C=O) groups is 2. The van der Waals surface area contributed by atoms with Crippen LogP contribution in [-0.2, 0) is 9.53 Å². The van der Waals surface area contributed by atoms with Crippen LogP contribution in [-0.4, -0.2) is 42.2 Å². The Morgan fingerprint density at radius 3 is 2.81 bits per heavy atom. The van der Waals surface area contributed by atoms with Crippen LogP contribution < -0.4 is 10.1 Å². The number of amides is 2. The molecule has 1 aromatic rings. The molecular formula is C20H27BrN2O4. The van der Waals surface area contributed by atoms with Gasteiger partial charge in [0.25, 0.3) is 0 Å². The van der Waals surface area contributed by atoms with Crippen molar-refractivity contribution in [2.45, 2.75) is 51.7 Å². The molecule has 2 heterocycles. The molecule has 1 fully saturated rings. The zero-order valence-corrected chi connectivity index (χ0v) is 17.7. The molecule has 27 heavy (non-hydrogen) atoms. The number of benzene rings is 1. The number of rotatable bonds is 2. The number of nitrogens with zero attached hydrogens (tertiary/aromatic N) is 1. The van der Waals surface area contributed by atoms with Crippen LogP contribution in [0, 0.1) is 5.92 Å². The van der Waals surface area contributed by atoms with E-state index in [4.69, 9.17) is 9.47 Å². The second kappa shape index (κ2) is 8.09. The third kappa shape index (κ3) is 5.15. The molecule has 0 spiro atoms. The van der Waals surface area contributed by atoms with Gasteiger partial charge in [-0.3, -0.25) is 4.79 Å². The lowest BCUT2D eigenvalue weighted by molar-refractivity contribution is -0.127. The normalized spacial score (nSPS) is 22.4. The van der Waals surface area contributed by atoms with E-state index in [-0.39, 0.29) is 24.0 Å². The van der Waals surface area contributed by atoms with Crippen molar-refractivity contribution in [3.05, 3.63) is 28.2 Å². The molecule has 1 aromatic carbocycles. The van der Waals surface area contributed by atoms with Gasteiger partial charge in [-0.15, -0.1) is 0 Å². The minimum Gasteiger partial charge on any atom is -0.493 e. The Hall–Kier alpha value is -1.76. The predicted octanol–water partition coefficient (Wildman–Crippen LogP) is 4.04. The molecule has 1 saturated heterocycles. The van der Waals surface area contributed by atoms with Crippen LogP contribution in [0.4, 0.5) is 4.79 Å². The Kier molecular flexibility index (Phi) is 5.99. The van der Waals surface area contributed by atoms with Crippen LogP contribution >= 0.6 is 15.9 Å². The highest BCUT2D eigenvalue weighted by molar-refractivity contribution is 9.10. The topological polar surface area (TPSA) is 67.9 Å². The summed E-state index contributed by atoms with van der Waals surface area (Å²) in [6.45, 7) is 7.15. The molecule has 3 rings (SSSR count). The van der Waals surface area contributed by atoms with E-state index in [1.165, 1.54) is 0 Å². The first-order valence-corrected chi connectivity index (χ1v) is 10.2. The summed E-state index contributed by atoms with van der Waals surface area (Å²) in [4.78, 5) is 26.8. The zero-order chi connectivity index (χ0) is 19.6. The Bertz CT molecular complexity index is 716. The van der Waals surface area contributed by atoms with E-state index in [1.807, 2.05) is 39.0 Å². The molecule has 2 atom stereocenters. The minimum absolute atomic E-state index is 0.0129. The molecule has 148 valence electrons. The maximum Gasteiger partial charge on any atom is 0.410 e. The van der Waals surface area contributed by atoms with Gasteiger partial charge in [0.15, 0.2) is 0 Å². The number of hydrogen-bond acceptors (Lipinski definition) is 4. The van der Waals surface area contributed by atoms with Gasteiger partial charge in [0.2, 0.25) is 5.91 Å². The van der Waals surface area contributed by atoms with Crippen molar-refractivity contribution in [1.82, 2.24) is 10.2 Å². The lowest BCUT2D eigenvalue weighted by atomic mass is 9.95. The van der Waals surface area contributed by atoms with Crippen molar-refractivity contribution in [2.24, 2.45) is 5.92 Å². The minimum atomic E-state index is -0.536. The van der Waals surface area contributed by atoms with Crippen molar-refractivity contribution in [1.29, 1.82) is 0 Å². The predicted molar refractivity (Wildman–Crippen MR) is 106 cm³/mol. The molecule has 2 amide bonds. The van der Waals surface area contributed by atoms with E-state index < -0.39 is 5.60 Å². The molecule has 6 nitrogen and oxygen atoms in total. The zero-order valence-electron chi connectivity index (χ0n) is 16.1. The number of ether oxygens (including phenoxy) is 2. The number of hydrogen-bond donors (Lipinski definition) is 1. The van der Waals surface area contributed by atoms with Crippen molar-refractivity contribution in [2.75, 3.05) is 19.7 Å². The maximum absolute atomic E-state index is 12.9. The summed E-state index contributed by atoms with van der Waals surface area (Å²) in [5.41, 5.74) is 0.453. The summed E-state index contributed by atoms with van der Waals surface area (Å²) in [7, 11) is 0. The smallest absolute Gasteiger partial charge is 0.410 e. The monoisotopic (exact) mass is 438 g/mol. The number of fused-ring (bicyclic) bond motifs is 1. The fourth-order valence-corrected chi connectivity index (χ4v) is 3.87. The second-order valence-corrected chi connectivity index (χ2v) is 9.06. The Labute approximate surface area is 168 Å². The van der Waals surface area contributed by atoms with E-state index >= 15 is 0 Å². The first kappa shape index (κ1) is 20.0. The number of piperidine rings is 1. The molecule has 0 radical (unpaired) electrons. The third-order valence-electron chi connectivity index (χ3n) is 4.77. The molecule has 2 unspecified atom stereocenters. The van der Waals surface area contributed by atoms with Crippen LogP contribution in [0.2, 0.25) is 0 Å². The largest absolute Gasteiger partial charge is 0.493 e.